The van der Waals surface area contributed by atoms with Crippen molar-refractivity contribution in [2.24, 2.45) is 23.2 Å². The lowest BCUT2D eigenvalue weighted by atomic mass is 9.62. The van der Waals surface area contributed by atoms with Gasteiger partial charge in [0.25, 0.3) is 0 Å². The van der Waals surface area contributed by atoms with Gasteiger partial charge in [0.15, 0.2) is 8.32 Å². The number of aliphatic hydroxyl groups is 1. The van der Waals surface area contributed by atoms with E-state index >= 15 is 0 Å². The summed E-state index contributed by atoms with van der Waals surface area (Å²) >= 11 is 0. The molecule has 0 saturated heterocycles. The van der Waals surface area contributed by atoms with Crippen molar-refractivity contribution in [3.63, 3.8) is 0 Å². The Labute approximate surface area is 139 Å². The second kappa shape index (κ2) is 6.21. The fourth-order valence-corrected chi connectivity index (χ4v) is 6.31. The van der Waals surface area contributed by atoms with Crippen molar-refractivity contribution in [2.45, 2.75) is 91.0 Å². The first kappa shape index (κ1) is 18.5. The molecule has 0 aromatic rings. The van der Waals surface area contributed by atoms with Crippen LogP contribution in [-0.4, -0.2) is 26.1 Å². The third kappa shape index (κ3) is 3.18. The monoisotopic (exact) mass is 326 g/mol. The van der Waals surface area contributed by atoms with E-state index in [-0.39, 0.29) is 5.04 Å². The van der Waals surface area contributed by atoms with E-state index in [0.29, 0.717) is 35.9 Å². The molecule has 2 rings (SSSR count). The Hall–Kier alpha value is 0.137. The van der Waals surface area contributed by atoms with Gasteiger partial charge in [-0.2, -0.15) is 0 Å². The van der Waals surface area contributed by atoms with Gasteiger partial charge in [-0.1, -0.05) is 41.0 Å². The van der Waals surface area contributed by atoms with Crippen LogP contribution in [0, 0.1) is 23.2 Å². The first-order chi connectivity index (χ1) is 10.0. The molecule has 0 bridgehead atoms. The van der Waals surface area contributed by atoms with Crippen molar-refractivity contribution in [3.8, 4) is 0 Å². The lowest BCUT2D eigenvalue weighted by molar-refractivity contribution is -0.0259. The van der Waals surface area contributed by atoms with Gasteiger partial charge in [0.1, 0.15) is 0 Å². The van der Waals surface area contributed by atoms with Gasteiger partial charge in [0.2, 0.25) is 0 Å². The molecule has 5 atom stereocenters. The Bertz CT molecular complexity index is 387. The predicted molar refractivity (Wildman–Crippen MR) is 96.5 cm³/mol. The molecule has 0 heterocycles. The number of hydrogen-bond donors (Lipinski definition) is 1. The number of hydrogen-bond acceptors (Lipinski definition) is 2. The van der Waals surface area contributed by atoms with E-state index in [0.717, 1.165) is 0 Å². The fraction of sp³-hybridized carbons (Fsp3) is 1.00. The molecule has 1 unspecified atom stereocenters. The Morgan fingerprint density at radius 2 is 1.86 bits per heavy atom. The van der Waals surface area contributed by atoms with Crippen LogP contribution in [0.25, 0.3) is 0 Å². The summed E-state index contributed by atoms with van der Waals surface area (Å²) in [5, 5.41) is 9.92. The summed E-state index contributed by atoms with van der Waals surface area (Å²) in [6.07, 6.45) is 6.89. The van der Waals surface area contributed by atoms with Gasteiger partial charge in [0.05, 0.1) is 0 Å². The first-order valence-corrected chi connectivity index (χ1v) is 12.2. The van der Waals surface area contributed by atoms with Gasteiger partial charge in [-0.3, -0.25) is 0 Å². The maximum absolute atomic E-state index is 9.63. The smallest absolute Gasteiger partial charge is 0.192 e. The summed E-state index contributed by atoms with van der Waals surface area (Å²) in [7, 11) is -1.69. The SMILES string of the molecule is C[C@H](CO)[C@H]1CCC2[C@@H](O[Si](C)(C)C(C)(C)C)CCC[C@@]21C. The average molecular weight is 327 g/mol. The summed E-state index contributed by atoms with van der Waals surface area (Å²) < 4.78 is 6.86. The molecule has 0 aliphatic heterocycles. The highest BCUT2D eigenvalue weighted by Gasteiger charge is 2.54. The minimum absolute atomic E-state index is 0.289. The second-order valence-electron chi connectivity index (χ2n) is 9.76. The molecule has 1 N–H and O–H groups in total. The van der Waals surface area contributed by atoms with Crippen LogP contribution in [0.15, 0.2) is 0 Å². The van der Waals surface area contributed by atoms with E-state index < -0.39 is 8.32 Å². The molecule has 3 heteroatoms. The van der Waals surface area contributed by atoms with Gasteiger partial charge in [-0.05, 0) is 67.0 Å². The molecule has 2 fully saturated rings. The lowest BCUT2D eigenvalue weighted by Crippen LogP contribution is -2.50. The van der Waals surface area contributed by atoms with Gasteiger partial charge < -0.3 is 9.53 Å². The van der Waals surface area contributed by atoms with Crippen molar-refractivity contribution in [2.75, 3.05) is 6.61 Å². The zero-order valence-electron chi connectivity index (χ0n) is 15.9. The molecule has 0 amide bonds. The van der Waals surface area contributed by atoms with Crippen LogP contribution >= 0.6 is 0 Å². The van der Waals surface area contributed by atoms with Gasteiger partial charge in [0, 0.05) is 12.7 Å². The van der Waals surface area contributed by atoms with E-state index in [2.05, 4.69) is 47.7 Å². The average Bonchev–Trinajstić information content (AvgIpc) is 2.74. The molecular weight excluding hydrogens is 288 g/mol. The Kier molecular flexibility index (Phi) is 5.22. The molecule has 130 valence electrons. The lowest BCUT2D eigenvalue weighted by Gasteiger charge is -2.49. The van der Waals surface area contributed by atoms with E-state index in [1.54, 1.807) is 0 Å². The normalized spacial score (nSPS) is 37.9. The zero-order valence-corrected chi connectivity index (χ0v) is 16.9. The summed E-state index contributed by atoms with van der Waals surface area (Å²) in [6.45, 7) is 16.9. The summed E-state index contributed by atoms with van der Waals surface area (Å²) in [5.41, 5.74) is 0.382. The molecular formula is C19H38O2Si. The van der Waals surface area contributed by atoms with Crippen molar-refractivity contribution in [1.82, 2.24) is 0 Å². The summed E-state index contributed by atoms with van der Waals surface area (Å²) in [6, 6.07) is 0. The number of rotatable bonds is 4. The third-order valence-electron chi connectivity index (χ3n) is 7.36. The second-order valence-corrected chi connectivity index (χ2v) is 14.5. The minimum Gasteiger partial charge on any atom is -0.414 e. The van der Waals surface area contributed by atoms with Gasteiger partial charge >= 0.3 is 0 Å². The Morgan fingerprint density at radius 1 is 1.23 bits per heavy atom. The van der Waals surface area contributed by atoms with Crippen molar-refractivity contribution < 1.29 is 9.53 Å². The molecule has 0 radical (unpaired) electrons. The number of aliphatic hydroxyl groups excluding tert-OH is 1. The predicted octanol–water partition coefficient (Wildman–Crippen LogP) is 5.22. The van der Waals surface area contributed by atoms with E-state index in [4.69, 9.17) is 4.43 Å². The van der Waals surface area contributed by atoms with E-state index in [1.807, 2.05) is 0 Å². The first-order valence-electron chi connectivity index (χ1n) is 9.31. The Morgan fingerprint density at radius 3 is 2.41 bits per heavy atom. The van der Waals surface area contributed by atoms with Crippen molar-refractivity contribution in [1.29, 1.82) is 0 Å². The molecule has 2 aliphatic carbocycles. The summed E-state index contributed by atoms with van der Waals surface area (Å²) in [4.78, 5) is 0. The van der Waals surface area contributed by atoms with Crippen LogP contribution in [0.4, 0.5) is 0 Å². The molecule has 2 aliphatic rings. The maximum atomic E-state index is 9.63. The van der Waals surface area contributed by atoms with Crippen LogP contribution in [0.1, 0.15) is 66.7 Å². The molecule has 0 spiro atoms. The van der Waals surface area contributed by atoms with Gasteiger partial charge in [-0.15, -0.1) is 0 Å². The highest BCUT2D eigenvalue weighted by molar-refractivity contribution is 6.74. The van der Waals surface area contributed by atoms with Crippen LogP contribution < -0.4 is 0 Å². The molecule has 0 aromatic heterocycles. The molecule has 2 saturated carbocycles. The van der Waals surface area contributed by atoms with E-state index in [9.17, 15) is 5.11 Å². The van der Waals surface area contributed by atoms with E-state index in [1.165, 1.54) is 32.1 Å². The topological polar surface area (TPSA) is 29.5 Å². The molecule has 2 nitrogen and oxygen atoms in total. The maximum Gasteiger partial charge on any atom is 0.192 e. The largest absolute Gasteiger partial charge is 0.414 e. The third-order valence-corrected chi connectivity index (χ3v) is 11.9. The highest BCUT2D eigenvalue weighted by Crippen LogP contribution is 2.59. The van der Waals surface area contributed by atoms with Crippen LogP contribution in [-0.2, 0) is 4.43 Å². The minimum atomic E-state index is -1.69. The van der Waals surface area contributed by atoms with Crippen molar-refractivity contribution >= 4 is 8.32 Å². The summed E-state index contributed by atoms with van der Waals surface area (Å²) in [5.74, 6) is 1.81. The number of fused-ring (bicyclic) bond motifs is 1. The Balaban J connectivity index is 2.17. The highest BCUT2D eigenvalue weighted by atomic mass is 28.4. The zero-order chi connectivity index (χ0) is 16.8. The fourth-order valence-electron chi connectivity index (χ4n) is 4.92. The quantitative estimate of drug-likeness (QED) is 0.718. The van der Waals surface area contributed by atoms with Crippen LogP contribution in [0.5, 0.6) is 0 Å². The van der Waals surface area contributed by atoms with Crippen LogP contribution in [0.3, 0.4) is 0 Å². The van der Waals surface area contributed by atoms with Crippen LogP contribution in [0.2, 0.25) is 18.1 Å². The van der Waals surface area contributed by atoms with Crippen molar-refractivity contribution in [3.05, 3.63) is 0 Å². The molecule has 0 aromatic carbocycles. The standard InChI is InChI=1S/C19H38O2Si/c1-14(13-20)15-10-11-16-17(9-8-12-19(15,16)5)21-22(6,7)18(2,3)4/h14-17,20H,8-13H2,1-7H3/t14-,15-,16?,17+,19-/m1/s1. The molecule has 22 heavy (non-hydrogen) atoms. The van der Waals surface area contributed by atoms with Gasteiger partial charge in [-0.25, -0.2) is 0 Å².